The molecule has 76 valence electrons. The summed E-state index contributed by atoms with van der Waals surface area (Å²) in [7, 11) is 0. The standard InChI is InChI=1S/C12H9BrOS/c13-11(9-5-2-1-3-6-9)12(14)10-7-4-8-15-10/h1-8,11H. The molecule has 0 spiro atoms. The summed E-state index contributed by atoms with van der Waals surface area (Å²) in [6, 6.07) is 13.5. The maximum absolute atomic E-state index is 12.0. The van der Waals surface area contributed by atoms with Crippen LogP contribution in [0.5, 0.6) is 0 Å². The lowest BCUT2D eigenvalue weighted by Crippen LogP contribution is -2.04. The molecule has 1 aromatic heterocycles. The molecule has 2 rings (SSSR count). The summed E-state index contributed by atoms with van der Waals surface area (Å²) in [6.07, 6.45) is 0. The van der Waals surface area contributed by atoms with E-state index in [4.69, 9.17) is 0 Å². The third-order valence-corrected chi connectivity index (χ3v) is 3.92. The molecule has 0 bridgehead atoms. The van der Waals surface area contributed by atoms with E-state index >= 15 is 0 Å². The van der Waals surface area contributed by atoms with Crippen LogP contribution in [-0.2, 0) is 0 Å². The van der Waals surface area contributed by atoms with Crippen LogP contribution < -0.4 is 0 Å². The van der Waals surface area contributed by atoms with Crippen molar-refractivity contribution in [1.82, 2.24) is 0 Å². The highest BCUT2D eigenvalue weighted by atomic mass is 79.9. The molecule has 0 aliphatic carbocycles. The molecule has 0 radical (unpaired) electrons. The monoisotopic (exact) mass is 280 g/mol. The molecule has 3 heteroatoms. The molecule has 2 aromatic rings. The van der Waals surface area contributed by atoms with Crippen LogP contribution in [0.4, 0.5) is 0 Å². The Morgan fingerprint density at radius 3 is 2.47 bits per heavy atom. The van der Waals surface area contributed by atoms with Crippen molar-refractivity contribution in [2.45, 2.75) is 4.83 Å². The van der Waals surface area contributed by atoms with E-state index in [0.29, 0.717) is 0 Å². The van der Waals surface area contributed by atoms with Gasteiger partial charge in [-0.15, -0.1) is 11.3 Å². The Balaban J connectivity index is 2.23. The number of benzene rings is 1. The summed E-state index contributed by atoms with van der Waals surface area (Å²) in [5.74, 6) is 0.121. The number of rotatable bonds is 3. The Morgan fingerprint density at radius 2 is 1.87 bits per heavy atom. The molecule has 0 saturated carbocycles. The largest absolute Gasteiger partial charge is 0.292 e. The molecule has 1 unspecified atom stereocenters. The summed E-state index contributed by atoms with van der Waals surface area (Å²) in [5.41, 5.74) is 0.996. The highest BCUT2D eigenvalue weighted by Gasteiger charge is 2.18. The van der Waals surface area contributed by atoms with Crippen LogP contribution in [0.25, 0.3) is 0 Å². The fourth-order valence-corrected chi connectivity index (χ4v) is 2.72. The van der Waals surface area contributed by atoms with Gasteiger partial charge in [-0.05, 0) is 17.0 Å². The van der Waals surface area contributed by atoms with E-state index in [1.165, 1.54) is 11.3 Å². The van der Waals surface area contributed by atoms with Gasteiger partial charge < -0.3 is 0 Å². The predicted molar refractivity (Wildman–Crippen MR) is 66.8 cm³/mol. The summed E-state index contributed by atoms with van der Waals surface area (Å²) in [6.45, 7) is 0. The van der Waals surface area contributed by atoms with Gasteiger partial charge in [0.25, 0.3) is 0 Å². The molecule has 0 aliphatic heterocycles. The van der Waals surface area contributed by atoms with Crippen LogP contribution in [0.15, 0.2) is 47.8 Å². The van der Waals surface area contributed by atoms with Crippen molar-refractivity contribution in [2.75, 3.05) is 0 Å². The lowest BCUT2D eigenvalue weighted by molar-refractivity contribution is 0.0995. The normalized spacial score (nSPS) is 12.3. The molecular formula is C12H9BrOS. The fourth-order valence-electron chi connectivity index (χ4n) is 1.32. The molecule has 0 fully saturated rings. The molecule has 0 saturated heterocycles. The fraction of sp³-hybridized carbons (Fsp3) is 0.0833. The minimum atomic E-state index is -0.239. The number of halogens is 1. The quantitative estimate of drug-likeness (QED) is 0.612. The molecule has 1 heterocycles. The molecule has 1 nitrogen and oxygen atoms in total. The Morgan fingerprint density at radius 1 is 1.13 bits per heavy atom. The number of ketones is 1. The number of thiophene rings is 1. The number of carbonyl (C=O) groups excluding carboxylic acids is 1. The SMILES string of the molecule is O=C(c1cccs1)C(Br)c1ccccc1. The van der Waals surface area contributed by atoms with Gasteiger partial charge in [-0.2, -0.15) is 0 Å². The second-order valence-electron chi connectivity index (χ2n) is 3.11. The van der Waals surface area contributed by atoms with Gasteiger partial charge in [-0.1, -0.05) is 52.3 Å². The number of hydrogen-bond donors (Lipinski definition) is 0. The van der Waals surface area contributed by atoms with Crippen LogP contribution in [0.2, 0.25) is 0 Å². The van der Waals surface area contributed by atoms with Crippen LogP contribution in [0.3, 0.4) is 0 Å². The highest BCUT2D eigenvalue weighted by molar-refractivity contribution is 9.09. The molecule has 1 atom stereocenters. The first-order chi connectivity index (χ1) is 7.29. The lowest BCUT2D eigenvalue weighted by atomic mass is 10.1. The first-order valence-electron chi connectivity index (χ1n) is 4.56. The number of alkyl halides is 1. The lowest BCUT2D eigenvalue weighted by Gasteiger charge is -2.06. The molecule has 1 aromatic carbocycles. The van der Waals surface area contributed by atoms with Crippen molar-refractivity contribution in [3.8, 4) is 0 Å². The van der Waals surface area contributed by atoms with Gasteiger partial charge in [0, 0.05) is 0 Å². The van der Waals surface area contributed by atoms with Crippen molar-refractivity contribution >= 4 is 33.0 Å². The maximum Gasteiger partial charge on any atom is 0.190 e. The summed E-state index contributed by atoms with van der Waals surface area (Å²) >= 11 is 4.90. The summed E-state index contributed by atoms with van der Waals surface area (Å²) < 4.78 is 0. The van der Waals surface area contributed by atoms with E-state index in [1.807, 2.05) is 47.8 Å². The van der Waals surface area contributed by atoms with Gasteiger partial charge in [0.2, 0.25) is 0 Å². The van der Waals surface area contributed by atoms with Gasteiger partial charge in [-0.25, -0.2) is 0 Å². The number of hydrogen-bond acceptors (Lipinski definition) is 2. The van der Waals surface area contributed by atoms with Crippen LogP contribution >= 0.6 is 27.3 Å². The molecule has 15 heavy (non-hydrogen) atoms. The zero-order valence-corrected chi connectivity index (χ0v) is 10.3. The van der Waals surface area contributed by atoms with Gasteiger partial charge >= 0.3 is 0 Å². The van der Waals surface area contributed by atoms with Gasteiger partial charge in [0.15, 0.2) is 5.78 Å². The summed E-state index contributed by atoms with van der Waals surface area (Å²) in [4.78, 5) is 12.5. The smallest absolute Gasteiger partial charge is 0.190 e. The number of Topliss-reactive ketones (excluding diaryl/α,β-unsaturated/α-hetero) is 1. The second-order valence-corrected chi connectivity index (χ2v) is 4.98. The van der Waals surface area contributed by atoms with Crippen LogP contribution in [-0.4, -0.2) is 5.78 Å². The zero-order valence-electron chi connectivity index (χ0n) is 7.89. The Hall–Kier alpha value is -0.930. The Labute approximate surface area is 101 Å². The van der Waals surface area contributed by atoms with E-state index in [0.717, 1.165) is 10.4 Å². The zero-order chi connectivity index (χ0) is 10.7. The van der Waals surface area contributed by atoms with Gasteiger partial charge in [-0.3, -0.25) is 4.79 Å². The van der Waals surface area contributed by atoms with Crippen molar-refractivity contribution in [1.29, 1.82) is 0 Å². The second kappa shape index (κ2) is 4.73. The van der Waals surface area contributed by atoms with E-state index in [2.05, 4.69) is 15.9 Å². The van der Waals surface area contributed by atoms with E-state index in [1.54, 1.807) is 0 Å². The molecule has 0 aliphatic rings. The highest BCUT2D eigenvalue weighted by Crippen LogP contribution is 2.28. The van der Waals surface area contributed by atoms with Crippen LogP contribution in [0.1, 0.15) is 20.1 Å². The van der Waals surface area contributed by atoms with Gasteiger partial charge in [0.1, 0.15) is 4.83 Å². The van der Waals surface area contributed by atoms with Crippen molar-refractivity contribution < 1.29 is 4.79 Å². The summed E-state index contributed by atoms with van der Waals surface area (Å²) in [5, 5.41) is 1.91. The molecular weight excluding hydrogens is 272 g/mol. The first-order valence-corrected chi connectivity index (χ1v) is 6.35. The maximum atomic E-state index is 12.0. The third kappa shape index (κ3) is 2.36. The van der Waals surface area contributed by atoms with Crippen LogP contribution in [0, 0.1) is 0 Å². The Bertz CT molecular complexity index is 436. The third-order valence-electron chi connectivity index (χ3n) is 2.09. The van der Waals surface area contributed by atoms with E-state index in [-0.39, 0.29) is 10.6 Å². The van der Waals surface area contributed by atoms with Crippen molar-refractivity contribution in [3.63, 3.8) is 0 Å². The van der Waals surface area contributed by atoms with E-state index < -0.39 is 0 Å². The minimum absolute atomic E-state index is 0.121. The van der Waals surface area contributed by atoms with Crippen molar-refractivity contribution in [2.24, 2.45) is 0 Å². The van der Waals surface area contributed by atoms with Crippen molar-refractivity contribution in [3.05, 3.63) is 58.3 Å². The van der Waals surface area contributed by atoms with E-state index in [9.17, 15) is 4.79 Å². The average molecular weight is 281 g/mol. The minimum Gasteiger partial charge on any atom is -0.292 e. The average Bonchev–Trinajstić information content (AvgIpc) is 2.82. The Kier molecular flexibility index (Phi) is 3.34. The topological polar surface area (TPSA) is 17.1 Å². The van der Waals surface area contributed by atoms with Gasteiger partial charge in [0.05, 0.1) is 4.88 Å². The predicted octanol–water partition coefficient (Wildman–Crippen LogP) is 4.07. The molecule has 0 N–H and O–H groups in total. The molecule has 0 amide bonds. The number of carbonyl (C=O) groups is 1. The first kappa shape index (κ1) is 10.6.